The molecule has 1 unspecified atom stereocenters. The number of rotatable bonds is 28. The summed E-state index contributed by atoms with van der Waals surface area (Å²) in [5.41, 5.74) is 0. The highest BCUT2D eigenvalue weighted by Crippen LogP contribution is 2.14. The lowest BCUT2D eigenvalue weighted by molar-refractivity contribution is -0.145. The maximum absolute atomic E-state index is 12.0. The number of ether oxygens (including phenoxy) is 2. The van der Waals surface area contributed by atoms with E-state index in [1.807, 2.05) is 0 Å². The van der Waals surface area contributed by atoms with Crippen LogP contribution < -0.4 is 0 Å². The van der Waals surface area contributed by atoms with E-state index in [2.05, 4.69) is 29.8 Å². The first-order valence-electron chi connectivity index (χ1n) is 15.0. The van der Waals surface area contributed by atoms with Gasteiger partial charge >= 0.3 is 5.97 Å². The van der Waals surface area contributed by atoms with Crippen LogP contribution in [0.15, 0.2) is 0 Å². The lowest BCUT2D eigenvalue weighted by atomic mass is 10.0. The highest BCUT2D eigenvalue weighted by atomic mass is 79.9. The van der Waals surface area contributed by atoms with Crippen molar-refractivity contribution >= 4 is 21.9 Å². The lowest BCUT2D eigenvalue weighted by Gasteiger charge is -2.16. The monoisotopic (exact) mass is 546 g/mol. The summed E-state index contributed by atoms with van der Waals surface area (Å²) in [6.07, 6.45) is 27.9. The molecular weight excluding hydrogens is 488 g/mol. The van der Waals surface area contributed by atoms with E-state index in [4.69, 9.17) is 9.47 Å². The summed E-state index contributed by atoms with van der Waals surface area (Å²) in [5.74, 6) is 0.313. The quantitative estimate of drug-likeness (QED) is 0.0555. The first-order chi connectivity index (χ1) is 16.7. The van der Waals surface area contributed by atoms with E-state index in [-0.39, 0.29) is 5.97 Å². The molecule has 0 radical (unpaired) electrons. The number of hydrogen-bond acceptors (Lipinski definition) is 3. The van der Waals surface area contributed by atoms with Crippen LogP contribution in [0.3, 0.4) is 0 Å². The fourth-order valence-electron chi connectivity index (χ4n) is 4.45. The molecule has 204 valence electrons. The van der Waals surface area contributed by atoms with Gasteiger partial charge in [0.15, 0.2) is 0 Å². The normalized spacial score (nSPS) is 12.2. The Kier molecular flexibility index (Phi) is 29.1. The Hall–Kier alpha value is -0.0900. The van der Waals surface area contributed by atoms with Crippen LogP contribution in [0.5, 0.6) is 0 Å². The van der Waals surface area contributed by atoms with Crippen LogP contribution in [-0.2, 0) is 14.3 Å². The highest BCUT2D eigenvalue weighted by Gasteiger charge is 2.12. The van der Waals surface area contributed by atoms with Crippen molar-refractivity contribution < 1.29 is 14.3 Å². The number of unbranched alkanes of at least 4 members (excludes halogenated alkanes) is 17. The molecule has 0 N–H and O–H groups in total. The van der Waals surface area contributed by atoms with Crippen LogP contribution in [0.1, 0.15) is 155 Å². The summed E-state index contributed by atoms with van der Waals surface area (Å²) in [6.45, 7) is 6.58. The molecule has 0 fully saturated rings. The fraction of sp³-hybridized carbons (Fsp3) is 0.967. The van der Waals surface area contributed by atoms with Crippen molar-refractivity contribution in [2.45, 2.75) is 155 Å². The van der Waals surface area contributed by atoms with E-state index in [9.17, 15) is 4.79 Å². The van der Waals surface area contributed by atoms with Crippen molar-refractivity contribution in [2.75, 3.05) is 25.2 Å². The fourth-order valence-corrected chi connectivity index (χ4v) is 4.85. The average molecular weight is 548 g/mol. The van der Waals surface area contributed by atoms with E-state index >= 15 is 0 Å². The summed E-state index contributed by atoms with van der Waals surface area (Å²) in [5, 5.41) is 1.08. The van der Waals surface area contributed by atoms with Gasteiger partial charge in [0.1, 0.15) is 0 Å². The standard InChI is InChI=1S/C30H59BrO3/c1-3-5-6-7-8-9-10-11-12-13-14-15-19-22-26-33-27-29(23-4-2)28-34-30(32)24-20-17-16-18-21-25-31/h29H,3-28H2,1-2H3. The van der Waals surface area contributed by atoms with Crippen LogP contribution in [-0.4, -0.2) is 31.1 Å². The van der Waals surface area contributed by atoms with Gasteiger partial charge in [0, 0.05) is 24.3 Å². The highest BCUT2D eigenvalue weighted by molar-refractivity contribution is 9.09. The second-order valence-electron chi connectivity index (χ2n) is 10.2. The third-order valence-corrected chi connectivity index (χ3v) is 7.25. The predicted octanol–water partition coefficient (Wildman–Crippen LogP) is 10.2. The van der Waals surface area contributed by atoms with Crippen LogP contribution in [0, 0.1) is 5.92 Å². The zero-order chi connectivity index (χ0) is 25.0. The SMILES string of the molecule is CCCCCCCCCCCCCCCCOCC(CCC)COC(=O)CCCCCCCBr. The van der Waals surface area contributed by atoms with Crippen molar-refractivity contribution in [2.24, 2.45) is 5.92 Å². The van der Waals surface area contributed by atoms with Crippen LogP contribution >= 0.6 is 15.9 Å². The molecule has 0 rings (SSSR count). The third kappa shape index (κ3) is 26.5. The number of hydrogen-bond donors (Lipinski definition) is 0. The maximum atomic E-state index is 12.0. The van der Waals surface area contributed by atoms with Gasteiger partial charge in [0.25, 0.3) is 0 Å². The first kappa shape index (κ1) is 33.9. The van der Waals surface area contributed by atoms with Crippen molar-refractivity contribution in [3.8, 4) is 0 Å². The molecule has 4 heteroatoms. The minimum atomic E-state index is -0.0337. The molecule has 0 spiro atoms. The van der Waals surface area contributed by atoms with Gasteiger partial charge in [0.05, 0.1) is 13.2 Å². The van der Waals surface area contributed by atoms with Crippen molar-refractivity contribution in [1.29, 1.82) is 0 Å². The van der Waals surface area contributed by atoms with Gasteiger partial charge in [-0.15, -0.1) is 0 Å². The molecule has 0 heterocycles. The van der Waals surface area contributed by atoms with Gasteiger partial charge in [-0.2, -0.15) is 0 Å². The predicted molar refractivity (Wildman–Crippen MR) is 152 cm³/mol. The van der Waals surface area contributed by atoms with Gasteiger partial charge in [-0.1, -0.05) is 139 Å². The molecule has 0 saturated heterocycles. The minimum Gasteiger partial charge on any atom is -0.465 e. The summed E-state index contributed by atoms with van der Waals surface area (Å²) >= 11 is 3.46. The molecule has 0 aliphatic rings. The van der Waals surface area contributed by atoms with Crippen LogP contribution in [0.25, 0.3) is 0 Å². The Morgan fingerprint density at radius 1 is 0.618 bits per heavy atom. The van der Waals surface area contributed by atoms with E-state index < -0.39 is 0 Å². The van der Waals surface area contributed by atoms with E-state index in [0.29, 0.717) is 18.9 Å². The smallest absolute Gasteiger partial charge is 0.305 e. The number of carbonyl (C=O) groups is 1. The molecule has 0 aliphatic carbocycles. The maximum Gasteiger partial charge on any atom is 0.305 e. The van der Waals surface area contributed by atoms with E-state index in [1.54, 1.807) is 0 Å². The van der Waals surface area contributed by atoms with Gasteiger partial charge in [-0.3, -0.25) is 4.79 Å². The summed E-state index contributed by atoms with van der Waals surface area (Å²) < 4.78 is 11.5. The lowest BCUT2D eigenvalue weighted by Crippen LogP contribution is -2.19. The largest absolute Gasteiger partial charge is 0.465 e. The molecule has 0 saturated carbocycles. The summed E-state index contributed by atoms with van der Waals surface area (Å²) in [6, 6.07) is 0. The molecule has 34 heavy (non-hydrogen) atoms. The van der Waals surface area contributed by atoms with Crippen molar-refractivity contribution in [3.05, 3.63) is 0 Å². The molecule has 0 bridgehead atoms. The number of alkyl halides is 1. The Labute approximate surface area is 222 Å². The van der Waals surface area contributed by atoms with E-state index in [0.717, 1.165) is 50.6 Å². The molecule has 0 aromatic carbocycles. The van der Waals surface area contributed by atoms with Crippen LogP contribution in [0.2, 0.25) is 0 Å². The Bertz CT molecular complexity index is 403. The Balaban J connectivity index is 3.48. The summed E-state index contributed by atoms with van der Waals surface area (Å²) in [4.78, 5) is 12.0. The van der Waals surface area contributed by atoms with Gasteiger partial charge < -0.3 is 9.47 Å². The van der Waals surface area contributed by atoms with Crippen molar-refractivity contribution in [3.63, 3.8) is 0 Å². The van der Waals surface area contributed by atoms with Gasteiger partial charge in [0.2, 0.25) is 0 Å². The Morgan fingerprint density at radius 3 is 1.65 bits per heavy atom. The van der Waals surface area contributed by atoms with Crippen LogP contribution in [0.4, 0.5) is 0 Å². The first-order valence-corrected chi connectivity index (χ1v) is 16.2. The van der Waals surface area contributed by atoms with Crippen molar-refractivity contribution in [1.82, 2.24) is 0 Å². The zero-order valence-electron chi connectivity index (χ0n) is 23.1. The zero-order valence-corrected chi connectivity index (χ0v) is 24.7. The second-order valence-corrected chi connectivity index (χ2v) is 11.0. The average Bonchev–Trinajstić information content (AvgIpc) is 2.84. The third-order valence-electron chi connectivity index (χ3n) is 6.69. The number of carbonyl (C=O) groups excluding carboxylic acids is 1. The number of esters is 1. The second kappa shape index (κ2) is 29.1. The molecule has 0 aliphatic heterocycles. The van der Waals surface area contributed by atoms with E-state index in [1.165, 1.54) is 103 Å². The molecule has 0 amide bonds. The molecule has 0 aromatic heterocycles. The minimum absolute atomic E-state index is 0.0337. The summed E-state index contributed by atoms with van der Waals surface area (Å²) in [7, 11) is 0. The molecule has 0 aromatic rings. The topological polar surface area (TPSA) is 35.5 Å². The van der Waals surface area contributed by atoms with Gasteiger partial charge in [-0.25, -0.2) is 0 Å². The molecular formula is C30H59BrO3. The number of halogens is 1. The Morgan fingerprint density at radius 2 is 1.12 bits per heavy atom. The molecule has 3 nitrogen and oxygen atoms in total. The van der Waals surface area contributed by atoms with Gasteiger partial charge in [-0.05, 0) is 25.7 Å². The molecule has 1 atom stereocenters.